The lowest BCUT2D eigenvalue weighted by Gasteiger charge is -2.23. The highest BCUT2D eigenvalue weighted by molar-refractivity contribution is 5.89. The van der Waals surface area contributed by atoms with Crippen molar-refractivity contribution in [1.82, 2.24) is 5.32 Å². The molecule has 0 unspecified atom stereocenters. The zero-order valence-electron chi connectivity index (χ0n) is 12.7. The molecule has 120 valence electrons. The van der Waals surface area contributed by atoms with Crippen molar-refractivity contribution in [2.24, 2.45) is 0 Å². The van der Waals surface area contributed by atoms with Gasteiger partial charge < -0.3 is 30.4 Å². The normalized spacial score (nSPS) is 11.2. The van der Waals surface area contributed by atoms with Crippen molar-refractivity contribution in [2.75, 3.05) is 20.3 Å². The van der Waals surface area contributed by atoms with Crippen LogP contribution in [0.4, 0.5) is 0 Å². The molecule has 0 aromatic carbocycles. The molecule has 0 heterocycles. The maximum absolute atomic E-state index is 11.7. The highest BCUT2D eigenvalue weighted by Gasteiger charge is 2.33. The SMILES string of the molecule is C#CCOC[C@H]([NH3+])C(=O)NC(C)(C)C(=O)OC.CC(=O)[O-]. The Morgan fingerprint density at radius 3 is 2.29 bits per heavy atom. The maximum atomic E-state index is 11.7. The zero-order valence-corrected chi connectivity index (χ0v) is 12.7. The first kappa shape index (κ1) is 21.2. The molecule has 4 N–H and O–H groups in total. The predicted octanol–water partition coefficient (Wildman–Crippen LogP) is -2.93. The van der Waals surface area contributed by atoms with Gasteiger partial charge in [0.25, 0.3) is 5.91 Å². The third-order valence-electron chi connectivity index (χ3n) is 2.01. The second-order valence-corrected chi connectivity index (χ2v) is 4.51. The molecule has 0 spiro atoms. The molecule has 0 fully saturated rings. The van der Waals surface area contributed by atoms with E-state index < -0.39 is 29.4 Å². The molecule has 0 bridgehead atoms. The molecular weight excluding hydrogens is 280 g/mol. The molecule has 8 heteroatoms. The molecule has 0 saturated carbocycles. The Hall–Kier alpha value is -2.11. The summed E-state index contributed by atoms with van der Waals surface area (Å²) in [6.07, 6.45) is 4.99. The molecule has 0 aromatic rings. The Labute approximate surface area is 124 Å². The molecule has 1 atom stereocenters. The molecule has 0 aliphatic rings. The first-order valence-corrected chi connectivity index (χ1v) is 6.00. The highest BCUT2D eigenvalue weighted by atomic mass is 16.5. The van der Waals surface area contributed by atoms with Crippen molar-refractivity contribution in [3.8, 4) is 12.3 Å². The number of terminal acetylenes is 1. The van der Waals surface area contributed by atoms with Crippen LogP contribution in [0.2, 0.25) is 0 Å². The Morgan fingerprint density at radius 1 is 1.43 bits per heavy atom. The van der Waals surface area contributed by atoms with Gasteiger partial charge in [0.1, 0.15) is 18.8 Å². The monoisotopic (exact) mass is 302 g/mol. The number of hydrogen-bond donors (Lipinski definition) is 2. The third kappa shape index (κ3) is 11.4. The van der Waals surface area contributed by atoms with Crippen LogP contribution in [0, 0.1) is 12.3 Å². The molecule has 1 amide bonds. The number of carbonyl (C=O) groups is 3. The van der Waals surface area contributed by atoms with Gasteiger partial charge in [-0.2, -0.15) is 0 Å². The lowest BCUT2D eigenvalue weighted by atomic mass is 10.1. The van der Waals surface area contributed by atoms with Gasteiger partial charge in [-0.1, -0.05) is 5.92 Å². The average molecular weight is 302 g/mol. The van der Waals surface area contributed by atoms with E-state index >= 15 is 0 Å². The van der Waals surface area contributed by atoms with E-state index in [0.29, 0.717) is 0 Å². The van der Waals surface area contributed by atoms with E-state index in [0.717, 1.165) is 6.92 Å². The number of nitrogens with one attached hydrogen (secondary N) is 1. The van der Waals surface area contributed by atoms with Gasteiger partial charge in [-0.15, -0.1) is 6.42 Å². The fourth-order valence-electron chi connectivity index (χ4n) is 1.05. The Morgan fingerprint density at radius 2 is 1.90 bits per heavy atom. The number of carboxylic acid groups (broad SMARTS) is 1. The van der Waals surface area contributed by atoms with Crippen molar-refractivity contribution in [3.63, 3.8) is 0 Å². The standard InChI is InChI=1S/C11H18N2O4.C2H4O2/c1-5-6-17-7-8(12)9(14)13-11(2,3)10(15)16-4;1-2(3)4/h1,8H,6-7,12H2,2-4H3,(H,13,14);1H3,(H,3,4)/t8-;/m0./s1. The minimum Gasteiger partial charge on any atom is -0.550 e. The lowest BCUT2D eigenvalue weighted by Crippen LogP contribution is -2.71. The van der Waals surface area contributed by atoms with Gasteiger partial charge in [0.15, 0.2) is 6.04 Å². The van der Waals surface area contributed by atoms with Gasteiger partial charge >= 0.3 is 5.97 Å². The van der Waals surface area contributed by atoms with Crippen LogP contribution in [0.15, 0.2) is 0 Å². The van der Waals surface area contributed by atoms with Crippen molar-refractivity contribution in [2.45, 2.75) is 32.4 Å². The van der Waals surface area contributed by atoms with Gasteiger partial charge in [-0.3, -0.25) is 4.79 Å². The van der Waals surface area contributed by atoms with E-state index in [9.17, 15) is 9.59 Å². The number of aliphatic carboxylic acids is 1. The van der Waals surface area contributed by atoms with Crippen molar-refractivity contribution in [1.29, 1.82) is 0 Å². The smallest absolute Gasteiger partial charge is 0.330 e. The van der Waals surface area contributed by atoms with Crippen LogP contribution in [-0.2, 0) is 23.9 Å². The summed E-state index contributed by atoms with van der Waals surface area (Å²) in [5.74, 6) is 0.282. The van der Waals surface area contributed by atoms with Gasteiger partial charge in [-0.05, 0) is 20.8 Å². The van der Waals surface area contributed by atoms with E-state index in [2.05, 4.69) is 21.7 Å². The summed E-state index contributed by atoms with van der Waals surface area (Å²) in [4.78, 5) is 31.9. The summed E-state index contributed by atoms with van der Waals surface area (Å²) in [5.41, 5.74) is 2.53. The Balaban J connectivity index is 0. The number of quaternary nitrogens is 1. The topological polar surface area (TPSA) is 132 Å². The molecule has 0 aromatic heterocycles. The quantitative estimate of drug-likeness (QED) is 0.307. The van der Waals surface area contributed by atoms with Crippen molar-refractivity contribution >= 4 is 17.8 Å². The van der Waals surface area contributed by atoms with E-state index in [4.69, 9.17) is 21.1 Å². The van der Waals surface area contributed by atoms with Gasteiger partial charge in [-0.25, -0.2) is 4.79 Å². The number of carbonyl (C=O) groups excluding carboxylic acids is 3. The largest absolute Gasteiger partial charge is 0.550 e. The van der Waals surface area contributed by atoms with Gasteiger partial charge in [0.2, 0.25) is 0 Å². The number of rotatable bonds is 6. The summed E-state index contributed by atoms with van der Waals surface area (Å²) in [6.45, 7) is 4.30. The minimum atomic E-state index is -1.09. The predicted molar refractivity (Wildman–Crippen MR) is 71.2 cm³/mol. The molecule has 21 heavy (non-hydrogen) atoms. The summed E-state index contributed by atoms with van der Waals surface area (Å²) in [7, 11) is 1.26. The van der Waals surface area contributed by atoms with Crippen molar-refractivity contribution in [3.05, 3.63) is 0 Å². The molecule has 0 saturated heterocycles. The number of esters is 1. The van der Waals surface area contributed by atoms with Gasteiger partial charge in [0.05, 0.1) is 7.11 Å². The Bertz CT molecular complexity index is 396. The third-order valence-corrected chi connectivity index (χ3v) is 2.01. The van der Waals surface area contributed by atoms with Crippen LogP contribution in [-0.4, -0.2) is 49.8 Å². The molecule has 0 rings (SSSR count). The van der Waals surface area contributed by atoms with Crippen LogP contribution >= 0.6 is 0 Å². The fraction of sp³-hybridized carbons (Fsp3) is 0.615. The van der Waals surface area contributed by atoms with E-state index in [1.54, 1.807) is 13.8 Å². The molecule has 8 nitrogen and oxygen atoms in total. The molecule has 0 aliphatic carbocycles. The van der Waals surface area contributed by atoms with Crippen LogP contribution in [0.25, 0.3) is 0 Å². The zero-order chi connectivity index (χ0) is 17.1. The van der Waals surface area contributed by atoms with E-state index in [-0.39, 0.29) is 13.2 Å². The fourth-order valence-corrected chi connectivity index (χ4v) is 1.05. The van der Waals surface area contributed by atoms with Crippen LogP contribution in [0.1, 0.15) is 20.8 Å². The van der Waals surface area contributed by atoms with Crippen LogP contribution < -0.4 is 16.2 Å². The number of methoxy groups -OCH3 is 1. The molecule has 0 aliphatic heterocycles. The van der Waals surface area contributed by atoms with E-state index in [1.165, 1.54) is 7.11 Å². The Kier molecular flexibility index (Phi) is 10.7. The van der Waals surface area contributed by atoms with Crippen molar-refractivity contribution < 1.29 is 34.7 Å². The molecule has 0 radical (unpaired) electrons. The summed E-state index contributed by atoms with van der Waals surface area (Å²) < 4.78 is 9.55. The number of carboxylic acids is 1. The number of amides is 1. The summed E-state index contributed by atoms with van der Waals surface area (Å²) >= 11 is 0. The second-order valence-electron chi connectivity index (χ2n) is 4.51. The highest BCUT2D eigenvalue weighted by Crippen LogP contribution is 2.04. The number of hydrogen-bond acceptors (Lipinski definition) is 6. The first-order chi connectivity index (χ1) is 9.58. The number of ether oxygens (including phenoxy) is 2. The van der Waals surface area contributed by atoms with E-state index in [1.807, 2.05) is 0 Å². The van der Waals surface area contributed by atoms with Gasteiger partial charge in [0, 0.05) is 5.97 Å². The minimum absolute atomic E-state index is 0.104. The summed E-state index contributed by atoms with van der Waals surface area (Å²) in [6, 6.07) is -0.632. The van der Waals surface area contributed by atoms with Crippen LogP contribution in [0.3, 0.4) is 0 Å². The molecular formula is C13H22N2O6. The summed E-state index contributed by atoms with van der Waals surface area (Å²) in [5, 5.41) is 11.4. The lowest BCUT2D eigenvalue weighted by molar-refractivity contribution is -0.410. The average Bonchev–Trinajstić information content (AvgIpc) is 2.36. The maximum Gasteiger partial charge on any atom is 0.330 e. The first-order valence-electron chi connectivity index (χ1n) is 6.00. The second kappa shape index (κ2) is 10.7. The van der Waals surface area contributed by atoms with Crippen LogP contribution in [0.5, 0.6) is 0 Å².